The Kier molecular flexibility index (Phi) is 4.81. The number of nitrogens with zero attached hydrogens (tertiary/aromatic N) is 1. The average molecular weight is 314 g/mol. The Balaban J connectivity index is 1.84. The second-order valence-electron chi connectivity index (χ2n) is 6.07. The average Bonchev–Trinajstić information content (AvgIpc) is 2.91. The van der Waals surface area contributed by atoms with Gasteiger partial charge in [0.15, 0.2) is 6.61 Å². The highest BCUT2D eigenvalue weighted by atomic mass is 32.2. The van der Waals surface area contributed by atoms with Gasteiger partial charge in [-0.3, -0.25) is 9.59 Å². The summed E-state index contributed by atoms with van der Waals surface area (Å²) in [6.45, 7) is 6.22. The Labute approximate surface area is 129 Å². The topological polar surface area (TPSA) is 75.7 Å². The number of nitrogens with one attached hydrogen (secondary N) is 1. The first kappa shape index (κ1) is 16.1. The third-order valence-corrected chi connectivity index (χ3v) is 5.28. The van der Waals surface area contributed by atoms with Crippen LogP contribution in [0.25, 0.3) is 0 Å². The number of hydrogen-bond acceptors (Lipinski definition) is 5. The van der Waals surface area contributed by atoms with E-state index >= 15 is 0 Å². The van der Waals surface area contributed by atoms with E-state index in [9.17, 15) is 14.4 Å². The summed E-state index contributed by atoms with van der Waals surface area (Å²) in [7, 11) is 0. The number of esters is 1. The Hall–Kier alpha value is -1.24. The number of fused-ring (bicyclic) bond motifs is 1. The maximum atomic E-state index is 12.1. The normalized spacial score (nSPS) is 27.9. The van der Waals surface area contributed by atoms with Gasteiger partial charge in [0.25, 0.3) is 5.91 Å². The lowest BCUT2D eigenvalue weighted by Crippen LogP contribution is -2.47. The Morgan fingerprint density at radius 1 is 1.52 bits per heavy atom. The predicted molar refractivity (Wildman–Crippen MR) is 79.5 cm³/mol. The van der Waals surface area contributed by atoms with E-state index in [1.807, 2.05) is 20.8 Å². The smallest absolute Gasteiger partial charge is 0.330 e. The summed E-state index contributed by atoms with van der Waals surface area (Å²) < 4.78 is 5.06. The van der Waals surface area contributed by atoms with Crippen molar-refractivity contribution in [1.29, 1.82) is 0 Å². The first-order chi connectivity index (χ1) is 9.83. The van der Waals surface area contributed by atoms with Crippen LogP contribution in [0.3, 0.4) is 0 Å². The summed E-state index contributed by atoms with van der Waals surface area (Å²) in [5.41, 5.74) is 0. The van der Waals surface area contributed by atoms with Crippen molar-refractivity contribution in [3.8, 4) is 0 Å². The van der Waals surface area contributed by atoms with Crippen molar-refractivity contribution in [2.45, 2.75) is 44.5 Å². The molecule has 2 saturated heterocycles. The van der Waals surface area contributed by atoms with E-state index < -0.39 is 12.0 Å². The summed E-state index contributed by atoms with van der Waals surface area (Å²) in [5, 5.41) is 2.69. The van der Waals surface area contributed by atoms with Crippen molar-refractivity contribution >= 4 is 29.5 Å². The molecule has 0 aliphatic carbocycles. The van der Waals surface area contributed by atoms with Crippen LogP contribution >= 0.6 is 11.8 Å². The number of carbonyl (C=O) groups excluding carboxylic acids is 3. The van der Waals surface area contributed by atoms with Gasteiger partial charge < -0.3 is 15.0 Å². The van der Waals surface area contributed by atoms with Gasteiger partial charge in [-0.2, -0.15) is 0 Å². The minimum atomic E-state index is -0.562. The first-order valence-corrected chi connectivity index (χ1v) is 8.21. The molecule has 0 bridgehead atoms. The van der Waals surface area contributed by atoms with Gasteiger partial charge in [0.05, 0.1) is 4.87 Å². The van der Waals surface area contributed by atoms with E-state index in [1.54, 1.807) is 16.7 Å². The standard InChI is InChI=1S/C14H22N2O4S/c1-9(2)6-15-11(17)7-20-13(19)10-8-21-14(3)5-4-12(18)16(10)14/h9-10H,4-8H2,1-3H3,(H,15,17)/t10-,14+/m1/s1. The molecular weight excluding hydrogens is 292 g/mol. The molecule has 118 valence electrons. The molecule has 2 rings (SSSR count). The molecular formula is C14H22N2O4S. The lowest BCUT2D eigenvalue weighted by Gasteiger charge is -2.29. The minimum Gasteiger partial charge on any atom is -0.454 e. The molecule has 2 amide bonds. The van der Waals surface area contributed by atoms with Crippen LogP contribution in [0.4, 0.5) is 0 Å². The van der Waals surface area contributed by atoms with Crippen molar-refractivity contribution in [3.05, 3.63) is 0 Å². The van der Waals surface area contributed by atoms with E-state index in [-0.39, 0.29) is 23.3 Å². The van der Waals surface area contributed by atoms with Gasteiger partial charge in [0, 0.05) is 18.7 Å². The zero-order valence-electron chi connectivity index (χ0n) is 12.7. The summed E-state index contributed by atoms with van der Waals surface area (Å²) in [5.74, 6) is 0.0845. The van der Waals surface area contributed by atoms with E-state index in [0.717, 1.165) is 6.42 Å². The van der Waals surface area contributed by atoms with Gasteiger partial charge in [-0.05, 0) is 19.3 Å². The highest BCUT2D eigenvalue weighted by molar-refractivity contribution is 8.01. The molecule has 0 unspecified atom stereocenters. The monoisotopic (exact) mass is 314 g/mol. The SMILES string of the molecule is CC(C)CNC(=O)COC(=O)[C@H]1CS[C@@]2(C)CCC(=O)N12. The zero-order valence-corrected chi connectivity index (χ0v) is 13.5. The number of amides is 2. The number of hydrogen-bond donors (Lipinski definition) is 1. The summed E-state index contributed by atoms with van der Waals surface area (Å²) >= 11 is 1.61. The third kappa shape index (κ3) is 3.51. The summed E-state index contributed by atoms with van der Waals surface area (Å²) in [6, 6.07) is -0.562. The molecule has 0 spiro atoms. The fraction of sp³-hybridized carbons (Fsp3) is 0.786. The van der Waals surface area contributed by atoms with Gasteiger partial charge in [0.1, 0.15) is 6.04 Å². The summed E-state index contributed by atoms with van der Waals surface area (Å²) in [4.78, 5) is 36.9. The van der Waals surface area contributed by atoms with E-state index in [0.29, 0.717) is 24.6 Å². The molecule has 0 aromatic carbocycles. The highest BCUT2D eigenvalue weighted by Crippen LogP contribution is 2.47. The molecule has 0 aromatic heterocycles. The second-order valence-corrected chi connectivity index (χ2v) is 7.57. The van der Waals surface area contributed by atoms with Crippen LogP contribution in [0.15, 0.2) is 0 Å². The van der Waals surface area contributed by atoms with Crippen molar-refractivity contribution in [2.24, 2.45) is 5.92 Å². The van der Waals surface area contributed by atoms with E-state index in [4.69, 9.17) is 4.74 Å². The Bertz CT molecular complexity index is 454. The molecule has 1 N–H and O–H groups in total. The van der Waals surface area contributed by atoms with Crippen LogP contribution in [0.1, 0.15) is 33.6 Å². The van der Waals surface area contributed by atoms with Crippen molar-refractivity contribution < 1.29 is 19.1 Å². The van der Waals surface area contributed by atoms with Crippen molar-refractivity contribution in [1.82, 2.24) is 10.2 Å². The molecule has 0 saturated carbocycles. The maximum Gasteiger partial charge on any atom is 0.330 e. The van der Waals surface area contributed by atoms with Crippen molar-refractivity contribution in [2.75, 3.05) is 18.9 Å². The lowest BCUT2D eigenvalue weighted by atomic mass is 10.2. The summed E-state index contributed by atoms with van der Waals surface area (Å²) in [6.07, 6.45) is 1.23. The molecule has 2 aliphatic heterocycles. The zero-order chi connectivity index (χ0) is 15.6. The molecule has 7 heteroatoms. The van der Waals surface area contributed by atoms with Crippen molar-refractivity contribution in [3.63, 3.8) is 0 Å². The van der Waals surface area contributed by atoms with Crippen LogP contribution in [-0.2, 0) is 19.1 Å². The Morgan fingerprint density at radius 2 is 2.24 bits per heavy atom. The fourth-order valence-corrected chi connectivity index (χ4v) is 4.01. The maximum absolute atomic E-state index is 12.1. The lowest BCUT2D eigenvalue weighted by molar-refractivity contribution is -0.156. The third-order valence-electron chi connectivity index (χ3n) is 3.77. The van der Waals surface area contributed by atoms with Gasteiger partial charge >= 0.3 is 5.97 Å². The van der Waals surface area contributed by atoms with Crippen LogP contribution in [0.2, 0.25) is 0 Å². The van der Waals surface area contributed by atoms with E-state index in [1.165, 1.54) is 0 Å². The van der Waals surface area contributed by atoms with Crippen LogP contribution in [0.5, 0.6) is 0 Å². The molecule has 2 fully saturated rings. The highest BCUT2D eigenvalue weighted by Gasteiger charge is 2.53. The molecule has 6 nitrogen and oxygen atoms in total. The van der Waals surface area contributed by atoms with Gasteiger partial charge in [-0.25, -0.2) is 4.79 Å². The number of thioether (sulfide) groups is 1. The fourth-order valence-electron chi connectivity index (χ4n) is 2.60. The predicted octanol–water partition coefficient (Wildman–Crippen LogP) is 0.756. The number of rotatable bonds is 5. The number of carbonyl (C=O) groups is 3. The quantitative estimate of drug-likeness (QED) is 0.758. The van der Waals surface area contributed by atoms with Crippen LogP contribution < -0.4 is 5.32 Å². The van der Waals surface area contributed by atoms with Crippen LogP contribution in [-0.4, -0.2) is 52.5 Å². The molecule has 0 radical (unpaired) electrons. The minimum absolute atomic E-state index is 0.00582. The first-order valence-electron chi connectivity index (χ1n) is 7.23. The van der Waals surface area contributed by atoms with Gasteiger partial charge in [-0.15, -0.1) is 11.8 Å². The largest absolute Gasteiger partial charge is 0.454 e. The molecule has 0 aromatic rings. The molecule has 2 heterocycles. The molecule has 2 atom stereocenters. The number of ether oxygens (including phenoxy) is 1. The Morgan fingerprint density at radius 3 is 2.90 bits per heavy atom. The van der Waals surface area contributed by atoms with Gasteiger partial charge in [-0.1, -0.05) is 13.8 Å². The second kappa shape index (κ2) is 6.25. The molecule has 2 aliphatic rings. The molecule has 21 heavy (non-hydrogen) atoms. The van der Waals surface area contributed by atoms with Gasteiger partial charge in [0.2, 0.25) is 5.91 Å². The van der Waals surface area contributed by atoms with Crippen LogP contribution in [0, 0.1) is 5.92 Å². The van der Waals surface area contributed by atoms with E-state index in [2.05, 4.69) is 5.32 Å².